The number of carbonyl (C=O) groups excluding carboxylic acids is 1. The van der Waals surface area contributed by atoms with Gasteiger partial charge in [0.2, 0.25) is 0 Å². The van der Waals surface area contributed by atoms with Crippen LogP contribution in [0.2, 0.25) is 0 Å². The van der Waals surface area contributed by atoms with Gasteiger partial charge in [0.25, 0.3) is 5.91 Å². The molecule has 0 radical (unpaired) electrons. The third-order valence-corrected chi connectivity index (χ3v) is 5.51. The van der Waals surface area contributed by atoms with E-state index in [0.29, 0.717) is 5.56 Å². The second kappa shape index (κ2) is 7.83. The molecule has 1 aliphatic heterocycles. The number of rotatable bonds is 4. The number of likely N-dealkylation sites (tertiary alicyclic amines) is 1. The molecule has 0 bridgehead atoms. The fraction of sp³-hybridized carbons (Fsp3) is 0.364. The lowest BCUT2D eigenvalue weighted by Crippen LogP contribution is -2.43. The van der Waals surface area contributed by atoms with Gasteiger partial charge in [0.1, 0.15) is 0 Å². The molecule has 0 unspecified atom stereocenters. The second-order valence-electron chi connectivity index (χ2n) is 7.16. The number of hydrogen-bond acceptors (Lipinski definition) is 3. The van der Waals surface area contributed by atoms with Crippen LogP contribution in [0.25, 0.3) is 0 Å². The summed E-state index contributed by atoms with van der Waals surface area (Å²) in [5.41, 5.74) is 2.85. The molecule has 0 atom stereocenters. The SMILES string of the molecule is O=C(c1ccccc1)N(C=C1CCN(C2CCC2)CC1)c1cccnc1. The number of anilines is 1. The molecule has 1 aromatic carbocycles. The minimum atomic E-state index is -0.00692. The molecule has 134 valence electrons. The molecule has 2 heterocycles. The third kappa shape index (κ3) is 3.70. The van der Waals surface area contributed by atoms with Gasteiger partial charge in [-0.25, -0.2) is 0 Å². The first kappa shape index (κ1) is 17.0. The van der Waals surface area contributed by atoms with E-state index in [9.17, 15) is 4.79 Å². The molecule has 26 heavy (non-hydrogen) atoms. The van der Waals surface area contributed by atoms with Crippen LogP contribution in [0.5, 0.6) is 0 Å². The maximum Gasteiger partial charge on any atom is 0.262 e. The van der Waals surface area contributed by atoms with Crippen molar-refractivity contribution in [3.8, 4) is 0 Å². The summed E-state index contributed by atoms with van der Waals surface area (Å²) in [6.45, 7) is 2.22. The first-order chi connectivity index (χ1) is 12.8. The molecular formula is C22H25N3O. The molecule has 2 aromatic rings. The van der Waals surface area contributed by atoms with Crippen molar-refractivity contribution in [3.05, 3.63) is 72.2 Å². The lowest BCUT2D eigenvalue weighted by atomic mass is 9.89. The average molecular weight is 347 g/mol. The Morgan fingerprint density at radius 1 is 1.08 bits per heavy atom. The molecule has 0 N–H and O–H groups in total. The second-order valence-corrected chi connectivity index (χ2v) is 7.16. The first-order valence-corrected chi connectivity index (χ1v) is 9.53. The Kier molecular flexibility index (Phi) is 5.12. The van der Waals surface area contributed by atoms with Gasteiger partial charge in [-0.15, -0.1) is 0 Å². The van der Waals surface area contributed by atoms with Gasteiger partial charge in [0.05, 0.1) is 11.9 Å². The Bertz CT molecular complexity index is 758. The number of benzene rings is 1. The molecule has 4 heteroatoms. The summed E-state index contributed by atoms with van der Waals surface area (Å²) in [6.07, 6.45) is 11.7. The van der Waals surface area contributed by atoms with E-state index in [-0.39, 0.29) is 5.91 Å². The van der Waals surface area contributed by atoms with E-state index in [1.54, 1.807) is 17.3 Å². The van der Waals surface area contributed by atoms with Crippen LogP contribution < -0.4 is 4.90 Å². The van der Waals surface area contributed by atoms with Crippen molar-refractivity contribution < 1.29 is 4.79 Å². The van der Waals surface area contributed by atoms with Crippen LogP contribution >= 0.6 is 0 Å². The summed E-state index contributed by atoms with van der Waals surface area (Å²) in [5, 5.41) is 0. The van der Waals surface area contributed by atoms with E-state index in [2.05, 4.69) is 9.88 Å². The summed E-state index contributed by atoms with van der Waals surface area (Å²) in [7, 11) is 0. The number of aromatic nitrogens is 1. The number of pyridine rings is 1. The van der Waals surface area contributed by atoms with Gasteiger partial charge in [-0.3, -0.25) is 19.6 Å². The van der Waals surface area contributed by atoms with Crippen LogP contribution in [0, 0.1) is 0 Å². The quantitative estimate of drug-likeness (QED) is 0.829. The maximum absolute atomic E-state index is 13.1. The highest BCUT2D eigenvalue weighted by molar-refractivity contribution is 6.07. The van der Waals surface area contributed by atoms with Crippen LogP contribution in [0.3, 0.4) is 0 Å². The Morgan fingerprint density at radius 3 is 2.46 bits per heavy atom. The summed E-state index contributed by atoms with van der Waals surface area (Å²) in [6, 6.07) is 14.1. The van der Waals surface area contributed by atoms with Gasteiger partial charge in [0, 0.05) is 37.1 Å². The predicted octanol–water partition coefficient (Wildman–Crippen LogP) is 4.26. The van der Waals surface area contributed by atoms with E-state index in [1.807, 2.05) is 48.7 Å². The van der Waals surface area contributed by atoms with Crippen LogP contribution in [-0.4, -0.2) is 34.9 Å². The van der Waals surface area contributed by atoms with Crippen molar-refractivity contribution >= 4 is 11.6 Å². The van der Waals surface area contributed by atoms with Gasteiger partial charge in [0.15, 0.2) is 0 Å². The van der Waals surface area contributed by atoms with Crippen LogP contribution in [0.4, 0.5) is 5.69 Å². The Hall–Kier alpha value is -2.46. The highest BCUT2D eigenvalue weighted by Gasteiger charge is 2.27. The normalized spacial score (nSPS) is 18.2. The van der Waals surface area contributed by atoms with Crippen LogP contribution in [0.1, 0.15) is 42.5 Å². The van der Waals surface area contributed by atoms with E-state index in [0.717, 1.165) is 37.7 Å². The topological polar surface area (TPSA) is 36.4 Å². The monoisotopic (exact) mass is 347 g/mol. The lowest BCUT2D eigenvalue weighted by Gasteiger charge is -2.40. The molecule has 2 aliphatic rings. The van der Waals surface area contributed by atoms with E-state index in [1.165, 1.54) is 24.8 Å². The van der Waals surface area contributed by atoms with Crippen molar-refractivity contribution in [3.63, 3.8) is 0 Å². The van der Waals surface area contributed by atoms with Crippen molar-refractivity contribution in [2.75, 3.05) is 18.0 Å². The largest absolute Gasteiger partial charge is 0.300 e. The number of carbonyl (C=O) groups is 1. The Balaban J connectivity index is 1.54. The number of nitrogens with zero attached hydrogens (tertiary/aromatic N) is 3. The predicted molar refractivity (Wildman–Crippen MR) is 104 cm³/mol. The molecular weight excluding hydrogens is 322 g/mol. The smallest absolute Gasteiger partial charge is 0.262 e. The molecule has 1 amide bonds. The van der Waals surface area contributed by atoms with E-state index < -0.39 is 0 Å². The maximum atomic E-state index is 13.1. The zero-order valence-corrected chi connectivity index (χ0v) is 15.1. The molecule has 1 aliphatic carbocycles. The average Bonchev–Trinajstić information content (AvgIpc) is 2.67. The first-order valence-electron chi connectivity index (χ1n) is 9.53. The van der Waals surface area contributed by atoms with E-state index >= 15 is 0 Å². The third-order valence-electron chi connectivity index (χ3n) is 5.51. The standard InChI is InChI=1S/C22H25N3O/c26-22(19-6-2-1-3-7-19)25(21-10-5-13-23-16-21)17-18-11-14-24(15-12-18)20-8-4-9-20/h1-3,5-7,10,13,16-17,20H,4,8-9,11-12,14-15H2. The van der Waals surface area contributed by atoms with Crippen molar-refractivity contribution in [1.82, 2.24) is 9.88 Å². The van der Waals surface area contributed by atoms with Crippen molar-refractivity contribution in [1.29, 1.82) is 0 Å². The van der Waals surface area contributed by atoms with Gasteiger partial charge in [-0.05, 0) is 49.9 Å². The minimum absolute atomic E-state index is 0.00692. The zero-order valence-electron chi connectivity index (χ0n) is 15.1. The van der Waals surface area contributed by atoms with Gasteiger partial charge in [-0.2, -0.15) is 0 Å². The molecule has 0 spiro atoms. The lowest BCUT2D eigenvalue weighted by molar-refractivity contribution is 0.0995. The summed E-state index contributed by atoms with van der Waals surface area (Å²) in [5.74, 6) is -0.00692. The van der Waals surface area contributed by atoms with Crippen molar-refractivity contribution in [2.45, 2.75) is 38.1 Å². The Labute approximate surface area is 155 Å². The Morgan fingerprint density at radius 2 is 1.85 bits per heavy atom. The fourth-order valence-electron chi connectivity index (χ4n) is 3.71. The van der Waals surface area contributed by atoms with Gasteiger partial charge >= 0.3 is 0 Å². The highest BCUT2D eigenvalue weighted by atomic mass is 16.2. The van der Waals surface area contributed by atoms with Crippen LogP contribution in [0.15, 0.2) is 66.6 Å². The van der Waals surface area contributed by atoms with Gasteiger partial charge in [-0.1, -0.05) is 30.2 Å². The van der Waals surface area contributed by atoms with Crippen LogP contribution in [-0.2, 0) is 0 Å². The molecule has 1 aromatic heterocycles. The molecule has 1 saturated heterocycles. The molecule has 1 saturated carbocycles. The summed E-state index contributed by atoms with van der Waals surface area (Å²) < 4.78 is 0. The molecule has 2 fully saturated rings. The summed E-state index contributed by atoms with van der Waals surface area (Å²) >= 11 is 0. The number of piperidine rings is 1. The van der Waals surface area contributed by atoms with Crippen molar-refractivity contribution in [2.24, 2.45) is 0 Å². The minimum Gasteiger partial charge on any atom is -0.300 e. The van der Waals surface area contributed by atoms with E-state index in [4.69, 9.17) is 0 Å². The summed E-state index contributed by atoms with van der Waals surface area (Å²) in [4.78, 5) is 21.7. The number of hydrogen-bond donors (Lipinski definition) is 0. The van der Waals surface area contributed by atoms with Gasteiger partial charge < -0.3 is 0 Å². The fourth-order valence-corrected chi connectivity index (χ4v) is 3.71. The zero-order chi connectivity index (χ0) is 17.8. The molecule has 4 nitrogen and oxygen atoms in total. The number of amides is 1. The highest BCUT2D eigenvalue weighted by Crippen LogP contribution is 2.29. The molecule has 4 rings (SSSR count).